The van der Waals surface area contributed by atoms with Gasteiger partial charge in [-0.2, -0.15) is 0 Å². The summed E-state index contributed by atoms with van der Waals surface area (Å²) in [6.45, 7) is -0.396. The van der Waals surface area contributed by atoms with Gasteiger partial charge in [-0.25, -0.2) is 4.79 Å². The van der Waals surface area contributed by atoms with Crippen molar-refractivity contribution in [2.24, 2.45) is 0 Å². The van der Waals surface area contributed by atoms with E-state index in [4.69, 9.17) is 15.6 Å². The van der Waals surface area contributed by atoms with Crippen LogP contribution >= 0.6 is 0 Å². The van der Waals surface area contributed by atoms with Crippen molar-refractivity contribution < 1.29 is 19.4 Å². The summed E-state index contributed by atoms with van der Waals surface area (Å²) in [4.78, 5) is 11.0. The molecule has 1 rings (SSSR count). The zero-order chi connectivity index (χ0) is 11.1. The minimum absolute atomic E-state index is 0.0148. The molecule has 0 atom stereocenters. The molecular formula is C10H13NO4. The Bertz CT molecular complexity index is 327. The topological polar surface area (TPSA) is 81.8 Å². The number of hydrogen-bond acceptors (Lipinski definition) is 5. The molecule has 5 nitrogen and oxygen atoms in total. The normalized spacial score (nSPS) is 9.67. The zero-order valence-electron chi connectivity index (χ0n) is 8.18. The summed E-state index contributed by atoms with van der Waals surface area (Å²) >= 11 is 0. The van der Waals surface area contributed by atoms with E-state index in [0.717, 1.165) is 0 Å². The molecule has 1 aromatic carbocycles. The lowest BCUT2D eigenvalue weighted by Crippen LogP contribution is -2.16. The number of aliphatic hydroxyl groups excluding tert-OH is 1. The smallest absolute Gasteiger partial charge is 0.344 e. The molecule has 0 fully saturated rings. The first-order chi connectivity index (χ1) is 7.22. The van der Waals surface area contributed by atoms with Gasteiger partial charge in [-0.05, 0) is 12.1 Å². The van der Waals surface area contributed by atoms with Crippen molar-refractivity contribution in [2.75, 3.05) is 25.6 Å². The van der Waals surface area contributed by atoms with Gasteiger partial charge in [0.05, 0.1) is 6.61 Å². The van der Waals surface area contributed by atoms with Crippen LogP contribution in [0, 0.1) is 0 Å². The van der Waals surface area contributed by atoms with Crippen molar-refractivity contribution in [3.05, 3.63) is 24.3 Å². The van der Waals surface area contributed by atoms with Crippen LogP contribution in [0.3, 0.4) is 0 Å². The van der Waals surface area contributed by atoms with E-state index in [9.17, 15) is 4.79 Å². The number of ether oxygens (including phenoxy) is 2. The lowest BCUT2D eigenvalue weighted by Gasteiger charge is -2.06. The van der Waals surface area contributed by atoms with Crippen molar-refractivity contribution in [3.8, 4) is 5.75 Å². The summed E-state index contributed by atoms with van der Waals surface area (Å²) in [7, 11) is 0. The van der Waals surface area contributed by atoms with Gasteiger partial charge in [-0.1, -0.05) is 6.07 Å². The molecule has 0 saturated heterocycles. The number of nitrogens with two attached hydrogens (primary N) is 1. The standard InChI is InChI=1S/C10H13NO4/c11-8-2-1-3-9(6-8)15-7-10(13)14-5-4-12/h1-3,6,12H,4-5,7,11H2. The van der Waals surface area contributed by atoms with Gasteiger partial charge in [0.25, 0.3) is 0 Å². The minimum atomic E-state index is -0.522. The molecule has 0 saturated carbocycles. The Labute approximate surface area is 87.4 Å². The fraction of sp³-hybridized carbons (Fsp3) is 0.300. The number of benzene rings is 1. The van der Waals surface area contributed by atoms with Crippen LogP contribution in [0.1, 0.15) is 0 Å². The summed E-state index contributed by atoms with van der Waals surface area (Å²) in [6, 6.07) is 6.75. The van der Waals surface area contributed by atoms with E-state index in [-0.39, 0.29) is 19.8 Å². The average Bonchev–Trinajstić information content (AvgIpc) is 2.23. The second-order valence-corrected chi connectivity index (χ2v) is 2.81. The van der Waals surface area contributed by atoms with Crippen LogP contribution < -0.4 is 10.5 Å². The molecule has 0 aliphatic carbocycles. The fourth-order valence-corrected chi connectivity index (χ4v) is 0.948. The van der Waals surface area contributed by atoms with Crippen molar-refractivity contribution in [1.29, 1.82) is 0 Å². The quantitative estimate of drug-likeness (QED) is 0.536. The zero-order valence-corrected chi connectivity index (χ0v) is 8.18. The number of carbonyl (C=O) groups is 1. The Morgan fingerprint density at radius 3 is 2.93 bits per heavy atom. The summed E-state index contributed by atoms with van der Waals surface area (Å²) in [5, 5.41) is 8.40. The van der Waals surface area contributed by atoms with Gasteiger partial charge in [0.2, 0.25) is 0 Å². The predicted molar refractivity (Wildman–Crippen MR) is 54.4 cm³/mol. The second-order valence-electron chi connectivity index (χ2n) is 2.81. The third kappa shape index (κ3) is 4.33. The number of nitrogen functional groups attached to an aromatic ring is 1. The number of aliphatic hydroxyl groups is 1. The lowest BCUT2D eigenvalue weighted by atomic mass is 10.3. The van der Waals surface area contributed by atoms with Crippen LogP contribution in [0.5, 0.6) is 5.75 Å². The Hall–Kier alpha value is -1.75. The Balaban J connectivity index is 2.33. The minimum Gasteiger partial charge on any atom is -0.482 e. The third-order valence-corrected chi connectivity index (χ3v) is 1.57. The molecule has 1 aromatic rings. The molecule has 0 unspecified atom stereocenters. The molecule has 5 heteroatoms. The van der Waals surface area contributed by atoms with Crippen LogP contribution in [0.4, 0.5) is 5.69 Å². The number of hydrogen-bond donors (Lipinski definition) is 2. The molecule has 3 N–H and O–H groups in total. The highest BCUT2D eigenvalue weighted by Crippen LogP contribution is 2.14. The molecule has 0 spiro atoms. The molecule has 15 heavy (non-hydrogen) atoms. The number of carbonyl (C=O) groups excluding carboxylic acids is 1. The van der Waals surface area contributed by atoms with E-state index in [1.54, 1.807) is 24.3 Å². The van der Waals surface area contributed by atoms with Crippen LogP contribution in [-0.4, -0.2) is 30.9 Å². The number of esters is 1. The van der Waals surface area contributed by atoms with Crippen LogP contribution in [0.2, 0.25) is 0 Å². The highest BCUT2D eigenvalue weighted by molar-refractivity contribution is 5.71. The first-order valence-electron chi connectivity index (χ1n) is 4.47. The van der Waals surface area contributed by atoms with Gasteiger partial charge in [-0.3, -0.25) is 0 Å². The van der Waals surface area contributed by atoms with Crippen molar-refractivity contribution >= 4 is 11.7 Å². The van der Waals surface area contributed by atoms with E-state index in [2.05, 4.69) is 4.74 Å². The molecule has 0 bridgehead atoms. The monoisotopic (exact) mass is 211 g/mol. The first kappa shape index (κ1) is 11.3. The maximum Gasteiger partial charge on any atom is 0.344 e. The van der Waals surface area contributed by atoms with E-state index in [0.29, 0.717) is 11.4 Å². The first-order valence-corrected chi connectivity index (χ1v) is 4.47. The summed E-state index contributed by atoms with van der Waals surface area (Å²) in [5.41, 5.74) is 6.08. The Kier molecular flexibility index (Phi) is 4.43. The lowest BCUT2D eigenvalue weighted by molar-refractivity contribution is -0.146. The van der Waals surface area contributed by atoms with E-state index < -0.39 is 5.97 Å². The van der Waals surface area contributed by atoms with Gasteiger partial charge in [0.1, 0.15) is 12.4 Å². The van der Waals surface area contributed by atoms with Gasteiger partial charge < -0.3 is 20.3 Å². The number of rotatable bonds is 5. The van der Waals surface area contributed by atoms with Crippen molar-refractivity contribution in [3.63, 3.8) is 0 Å². The Morgan fingerprint density at radius 2 is 2.27 bits per heavy atom. The Morgan fingerprint density at radius 1 is 1.47 bits per heavy atom. The molecule has 0 aliphatic rings. The van der Waals surface area contributed by atoms with E-state index in [1.165, 1.54) is 0 Å². The maximum atomic E-state index is 11.0. The summed E-state index contributed by atoms with van der Waals surface area (Å²) in [5.74, 6) is -0.0116. The molecule has 0 aromatic heterocycles. The van der Waals surface area contributed by atoms with Crippen molar-refractivity contribution in [2.45, 2.75) is 0 Å². The third-order valence-electron chi connectivity index (χ3n) is 1.57. The SMILES string of the molecule is Nc1cccc(OCC(=O)OCCO)c1. The molecule has 0 heterocycles. The highest BCUT2D eigenvalue weighted by Gasteiger charge is 2.03. The van der Waals surface area contributed by atoms with Gasteiger partial charge in [0.15, 0.2) is 6.61 Å². The second kappa shape index (κ2) is 5.87. The summed E-state index contributed by atoms with van der Waals surface area (Å²) in [6.07, 6.45) is 0. The molecule has 82 valence electrons. The van der Waals surface area contributed by atoms with E-state index in [1.807, 2.05) is 0 Å². The van der Waals surface area contributed by atoms with Crippen LogP contribution in [-0.2, 0) is 9.53 Å². The van der Waals surface area contributed by atoms with Gasteiger partial charge in [-0.15, -0.1) is 0 Å². The predicted octanol–water partition coefficient (Wildman–Crippen LogP) is 0.183. The molecule has 0 amide bonds. The average molecular weight is 211 g/mol. The van der Waals surface area contributed by atoms with Crippen LogP contribution in [0.15, 0.2) is 24.3 Å². The van der Waals surface area contributed by atoms with Gasteiger partial charge in [0, 0.05) is 11.8 Å². The molecule has 0 radical (unpaired) electrons. The van der Waals surface area contributed by atoms with Gasteiger partial charge >= 0.3 is 5.97 Å². The van der Waals surface area contributed by atoms with Crippen LogP contribution in [0.25, 0.3) is 0 Å². The van der Waals surface area contributed by atoms with E-state index >= 15 is 0 Å². The fourth-order valence-electron chi connectivity index (χ4n) is 0.948. The highest BCUT2D eigenvalue weighted by atomic mass is 16.6. The molecule has 0 aliphatic heterocycles. The number of anilines is 1. The molecular weight excluding hydrogens is 198 g/mol. The largest absolute Gasteiger partial charge is 0.482 e. The van der Waals surface area contributed by atoms with Crippen molar-refractivity contribution in [1.82, 2.24) is 0 Å². The maximum absolute atomic E-state index is 11.0. The summed E-state index contributed by atoms with van der Waals surface area (Å²) < 4.78 is 9.71.